The summed E-state index contributed by atoms with van der Waals surface area (Å²) >= 11 is 0. The van der Waals surface area contributed by atoms with Gasteiger partial charge in [0.25, 0.3) is 0 Å². The zero-order chi connectivity index (χ0) is 60.0. The van der Waals surface area contributed by atoms with Crippen molar-refractivity contribution < 1.29 is 46.9 Å². The van der Waals surface area contributed by atoms with Crippen LogP contribution < -0.4 is 4.90 Å². The van der Waals surface area contributed by atoms with E-state index in [-0.39, 0.29) is 0 Å². The van der Waals surface area contributed by atoms with E-state index in [0.29, 0.717) is 4.90 Å². The summed E-state index contributed by atoms with van der Waals surface area (Å²) in [7, 11) is 0. The Labute approximate surface area is 333 Å². The molecule has 0 amide bonds. The van der Waals surface area contributed by atoms with E-state index in [4.69, 9.17) is 31.8 Å². The first-order chi connectivity index (χ1) is 37.7. The van der Waals surface area contributed by atoms with Crippen LogP contribution in [0.25, 0.3) is 76.5 Å². The summed E-state index contributed by atoms with van der Waals surface area (Å²) in [5.74, 6) is 0. The number of hydrogen-bond donors (Lipinski definition) is 0. The lowest BCUT2D eigenvalue weighted by atomic mass is 9.94. The van der Waals surface area contributed by atoms with Gasteiger partial charge in [-0.1, -0.05) is 127 Å². The van der Waals surface area contributed by atoms with Crippen molar-refractivity contribution in [2.75, 3.05) is 4.90 Å². The first-order valence-corrected chi connectivity index (χ1v) is 14.6. The van der Waals surface area contributed by atoms with Crippen molar-refractivity contribution in [3.05, 3.63) is 187 Å². The van der Waals surface area contributed by atoms with Crippen LogP contribution in [0.5, 0.6) is 0 Å². The summed E-state index contributed by atoms with van der Waals surface area (Å²) in [5.41, 5.74) is -7.78. The van der Waals surface area contributed by atoms with Crippen LogP contribution in [0.3, 0.4) is 0 Å². The fourth-order valence-corrected chi connectivity index (χ4v) is 5.40. The Kier molecular flexibility index (Phi) is 2.58. The van der Waals surface area contributed by atoms with E-state index < -0.39 is 281 Å². The molecule has 0 atom stereocenters. The van der Waals surface area contributed by atoms with Crippen molar-refractivity contribution in [3.8, 4) is 22.3 Å². The first kappa shape index (κ1) is 11.2. The molecular weight excluding hydrogens is 607 g/mol. The third-order valence-electron chi connectivity index (χ3n) is 7.63. The van der Waals surface area contributed by atoms with Gasteiger partial charge < -0.3 is 9.32 Å². The second-order valence-corrected chi connectivity index (χ2v) is 10.5. The SMILES string of the molecule is [2H]c1c([2H])c([2H])c(N(c2c([2H])c([2H])c(-c3c([2H])c4c(oc5c([2H])c(-c6c([2H])c([2H])c7c([2H])c([2H])c([2H])c([2H])c7c6[2H])c([2H])c([2H])c54)c4c([2H])c([2H])c([2H])c([2H])c34)c([2H])c2[2H])c2c([2H])c([2H])c3c([2H])c([2H])c([2H])c([2H])c3c2[2H])c([2H])c1[2H]. The van der Waals surface area contributed by atoms with Gasteiger partial charge in [0.1, 0.15) is 11.2 Å². The van der Waals surface area contributed by atoms with Crippen LogP contribution in [0.2, 0.25) is 0 Å². The van der Waals surface area contributed by atoms with Crippen molar-refractivity contribution in [1.29, 1.82) is 0 Å². The number of furan rings is 1. The molecule has 0 radical (unpaired) electrons. The molecule has 0 aliphatic heterocycles. The van der Waals surface area contributed by atoms with Gasteiger partial charge in [-0.25, -0.2) is 0 Å². The van der Waals surface area contributed by atoms with Gasteiger partial charge in [0.05, 0.1) is 42.5 Å². The monoisotopic (exact) mass is 668 g/mol. The second-order valence-electron chi connectivity index (χ2n) is 10.5. The molecule has 0 unspecified atom stereocenters. The van der Waals surface area contributed by atoms with Crippen molar-refractivity contribution in [2.45, 2.75) is 0 Å². The zero-order valence-electron chi connectivity index (χ0n) is 55.9. The Balaban J connectivity index is 1.36. The fourth-order valence-electron chi connectivity index (χ4n) is 5.40. The van der Waals surface area contributed by atoms with E-state index in [2.05, 4.69) is 0 Å². The van der Waals surface area contributed by atoms with E-state index in [9.17, 15) is 15.1 Å². The number of benzene rings is 9. The third-order valence-corrected chi connectivity index (χ3v) is 7.63. The molecule has 0 bridgehead atoms. The molecule has 0 aliphatic rings. The Morgan fingerprint density at radius 1 is 0.360 bits per heavy atom. The largest absolute Gasteiger partial charge is 0.455 e. The second kappa shape index (κ2) is 11.5. The summed E-state index contributed by atoms with van der Waals surface area (Å²) < 4.78 is 283. The van der Waals surface area contributed by atoms with Gasteiger partial charge in [-0.15, -0.1) is 0 Å². The highest BCUT2D eigenvalue weighted by molar-refractivity contribution is 6.19. The topological polar surface area (TPSA) is 16.4 Å². The van der Waals surface area contributed by atoms with Gasteiger partial charge in [-0.3, -0.25) is 0 Å². The molecule has 2 heteroatoms. The number of nitrogens with zero attached hydrogens (tertiary/aromatic N) is 1. The fraction of sp³-hybridized carbons (Fsp3) is 0. The van der Waals surface area contributed by atoms with Crippen LogP contribution in [-0.2, 0) is 0 Å². The van der Waals surface area contributed by atoms with Crippen molar-refractivity contribution in [1.82, 2.24) is 0 Å². The highest BCUT2D eigenvalue weighted by Gasteiger charge is 2.17. The number of anilines is 3. The molecule has 2 nitrogen and oxygen atoms in total. The van der Waals surface area contributed by atoms with Crippen molar-refractivity contribution in [2.24, 2.45) is 0 Å². The predicted molar refractivity (Wildman–Crippen MR) is 212 cm³/mol. The number of para-hydroxylation sites is 1. The Hall–Kier alpha value is -6.64. The number of rotatable bonds is 5. The van der Waals surface area contributed by atoms with Gasteiger partial charge in [-0.05, 0) is 110 Å². The molecule has 10 rings (SSSR count). The highest BCUT2D eigenvalue weighted by Crippen LogP contribution is 2.42. The lowest BCUT2D eigenvalue weighted by Gasteiger charge is -2.26. The predicted octanol–water partition coefficient (Wildman–Crippen LogP) is 13.8. The lowest BCUT2D eigenvalue weighted by Crippen LogP contribution is -2.09. The highest BCUT2D eigenvalue weighted by atomic mass is 16.3. The number of fused-ring (bicyclic) bond motifs is 7. The van der Waals surface area contributed by atoms with Crippen molar-refractivity contribution >= 4 is 71.3 Å². The minimum Gasteiger partial charge on any atom is -0.455 e. The van der Waals surface area contributed by atoms with Gasteiger partial charge in [0.15, 0.2) is 0 Å². The molecule has 50 heavy (non-hydrogen) atoms. The van der Waals surface area contributed by atoms with Crippen molar-refractivity contribution in [3.63, 3.8) is 0 Å². The quantitative estimate of drug-likeness (QED) is 0.181. The van der Waals surface area contributed by atoms with Gasteiger partial charge in [-0.2, -0.15) is 0 Å². The van der Waals surface area contributed by atoms with Crippen LogP contribution in [0.15, 0.2) is 192 Å². The molecular formula is C48H31NO. The Morgan fingerprint density at radius 2 is 0.920 bits per heavy atom. The smallest absolute Gasteiger partial charge is 0.143 e. The molecule has 0 saturated carbocycles. The maximum atomic E-state index is 9.85. The summed E-state index contributed by atoms with van der Waals surface area (Å²) in [6.45, 7) is 0. The molecule has 0 saturated heterocycles. The van der Waals surface area contributed by atoms with E-state index in [1.807, 2.05) is 0 Å². The molecule has 0 aliphatic carbocycles. The molecule has 0 fully saturated rings. The van der Waals surface area contributed by atoms with E-state index in [0.717, 1.165) is 0 Å². The van der Waals surface area contributed by atoms with Crippen LogP contribution in [-0.4, -0.2) is 0 Å². The van der Waals surface area contributed by atoms with Gasteiger partial charge in [0, 0.05) is 33.2 Å². The molecule has 0 spiro atoms. The Morgan fingerprint density at radius 3 is 1.70 bits per heavy atom. The summed E-state index contributed by atoms with van der Waals surface area (Å²) in [5, 5.41) is -5.08. The normalized spacial score (nSPS) is 20.3. The van der Waals surface area contributed by atoms with Crippen LogP contribution >= 0.6 is 0 Å². The Bertz CT molecular complexity index is 4610. The maximum Gasteiger partial charge on any atom is 0.143 e. The van der Waals surface area contributed by atoms with Crippen LogP contribution in [0, 0.1) is 0 Å². The molecule has 1 heterocycles. The molecule has 234 valence electrons. The summed E-state index contributed by atoms with van der Waals surface area (Å²) in [6.07, 6.45) is 0. The number of hydrogen-bond acceptors (Lipinski definition) is 2. The van der Waals surface area contributed by atoms with Gasteiger partial charge >= 0.3 is 0 Å². The molecule has 10 aromatic rings. The molecule has 9 aromatic carbocycles. The maximum absolute atomic E-state index is 9.85. The van der Waals surface area contributed by atoms with Crippen LogP contribution in [0.4, 0.5) is 17.1 Å². The van der Waals surface area contributed by atoms with Crippen LogP contribution in [0.1, 0.15) is 42.5 Å². The van der Waals surface area contributed by atoms with E-state index in [1.54, 1.807) is 0 Å². The summed E-state index contributed by atoms with van der Waals surface area (Å²) in [6, 6.07) is -30.4. The lowest BCUT2D eigenvalue weighted by molar-refractivity contribution is 0.673. The average Bonchev–Trinajstić information content (AvgIpc) is 3.96. The minimum absolute atomic E-state index is 0.376. The van der Waals surface area contributed by atoms with E-state index >= 15 is 0 Å². The summed E-state index contributed by atoms with van der Waals surface area (Å²) in [4.78, 5) is 0.376. The first-order valence-electron chi connectivity index (χ1n) is 30.1. The average molecular weight is 669 g/mol. The molecule has 1 aromatic heterocycles. The molecule has 0 N–H and O–H groups in total. The van der Waals surface area contributed by atoms with E-state index in [1.165, 1.54) is 0 Å². The minimum atomic E-state index is -1.26. The zero-order valence-corrected chi connectivity index (χ0v) is 24.9. The third kappa shape index (κ3) is 4.73. The van der Waals surface area contributed by atoms with Gasteiger partial charge in [0.2, 0.25) is 0 Å². The standard InChI is InChI=1S/C48H31NO/c1-2-14-39(15-3-1)49(41-26-20-33-11-5-7-13-36(33)29-41)40-24-21-34(22-25-40)45-31-46-43-27-23-38(37-19-18-32-10-4-6-12-35(32)28-37)30-47(43)50-48(46)44-17-9-8-16-42(44)45/h1-31H/i1D,2D,3D,4D,5D,6D,7D,8D,9D,10D,11D,12D,13D,14D,15D,16D,17D,18D,19D,20D,21D,22D,23D,24D,25D,26D,27D,28D,29D,30D,31D.